The van der Waals surface area contributed by atoms with Crippen molar-refractivity contribution in [2.24, 2.45) is 5.73 Å². The van der Waals surface area contributed by atoms with Crippen LogP contribution in [0.4, 0.5) is 0 Å². The predicted molar refractivity (Wildman–Crippen MR) is 55.3 cm³/mol. The van der Waals surface area contributed by atoms with Crippen molar-refractivity contribution in [2.75, 3.05) is 3.77 Å². The second-order valence-corrected chi connectivity index (χ2v) is 18.0. The molecule has 11 heavy (non-hydrogen) atoms. The third-order valence-corrected chi connectivity index (χ3v) is 14.4. The summed E-state index contributed by atoms with van der Waals surface area (Å²) < 4.78 is 3.04. The van der Waals surface area contributed by atoms with Crippen LogP contribution in [-0.4, -0.2) is 32.5 Å². The molecule has 2 unspecified atom stereocenters. The Morgan fingerprint density at radius 2 is 2.27 bits per heavy atom. The minimum absolute atomic E-state index is 0.228. The molecule has 66 valence electrons. The van der Waals surface area contributed by atoms with Crippen LogP contribution in [0.1, 0.15) is 13.3 Å². The maximum absolute atomic E-state index is 10.7. The van der Waals surface area contributed by atoms with E-state index in [2.05, 4.69) is 17.6 Å². The molecule has 0 aliphatic rings. The molecular formula is C7H17NOSSn. The Kier molecular flexibility index (Phi) is 5.81. The Balaban J connectivity index is 3.78. The first-order valence-electron chi connectivity index (χ1n) is 3.87. The third kappa shape index (κ3) is 5.09. The predicted octanol–water partition coefficient (Wildman–Crippen LogP) is 1.04. The van der Waals surface area contributed by atoms with E-state index >= 15 is 0 Å². The number of carbonyl (C=O) groups is 1. The molecule has 0 amide bonds. The number of nitrogens with two attached hydrogens (primary N) is 1. The molecule has 2 N–H and O–H groups in total. The van der Waals surface area contributed by atoms with Gasteiger partial charge >= 0.3 is 78.4 Å². The zero-order valence-corrected chi connectivity index (χ0v) is 11.0. The average Bonchev–Trinajstić information content (AvgIpc) is 2.00. The fraction of sp³-hybridized carbons (Fsp3) is 0.857. The molecule has 0 fully saturated rings. The quantitative estimate of drug-likeness (QED) is 0.449. The summed E-state index contributed by atoms with van der Waals surface area (Å²) in [6.45, 7) is 1.98. The maximum atomic E-state index is 10.7. The van der Waals surface area contributed by atoms with Crippen LogP contribution in [0.2, 0.25) is 9.38 Å². The van der Waals surface area contributed by atoms with Crippen molar-refractivity contribution in [1.82, 2.24) is 0 Å². The van der Waals surface area contributed by atoms with Gasteiger partial charge < -0.3 is 0 Å². The van der Waals surface area contributed by atoms with Crippen LogP contribution >= 0.6 is 12.6 Å². The number of carbonyl (C=O) groups excluding carboxylic acids is 1. The summed E-state index contributed by atoms with van der Waals surface area (Å²) in [6.07, 6.45) is 0.978. The van der Waals surface area contributed by atoms with Gasteiger partial charge in [0.1, 0.15) is 0 Å². The first-order chi connectivity index (χ1) is 5.04. The van der Waals surface area contributed by atoms with E-state index in [9.17, 15) is 4.79 Å². The average molecular weight is 282 g/mol. The SMILES string of the molecule is CC(N)C[CH2][Sn]([CH3])([CH]=O)[CH2]S. The Morgan fingerprint density at radius 1 is 1.73 bits per heavy atom. The topological polar surface area (TPSA) is 43.1 Å². The summed E-state index contributed by atoms with van der Waals surface area (Å²) in [5.41, 5.74) is 5.60. The second kappa shape index (κ2) is 5.43. The minimum atomic E-state index is -2.36. The molecule has 0 bridgehead atoms. The first kappa shape index (κ1) is 11.8. The monoisotopic (exact) mass is 283 g/mol. The van der Waals surface area contributed by atoms with E-state index in [0.717, 1.165) is 14.6 Å². The van der Waals surface area contributed by atoms with Crippen molar-refractivity contribution < 1.29 is 4.79 Å². The zero-order valence-electron chi connectivity index (χ0n) is 7.21. The van der Waals surface area contributed by atoms with Crippen molar-refractivity contribution in [1.29, 1.82) is 0 Å². The Morgan fingerprint density at radius 3 is 2.55 bits per heavy atom. The number of rotatable bonds is 5. The van der Waals surface area contributed by atoms with E-state index in [-0.39, 0.29) is 6.04 Å². The van der Waals surface area contributed by atoms with Crippen LogP contribution < -0.4 is 5.73 Å². The normalized spacial score (nSPS) is 18.9. The molecule has 0 saturated carbocycles. The standard InChI is InChI=1S/C4H10N.CHO.CH3S.CH3.Sn/c1-3-4(2)5;2*1-2;;/h4H,1,3,5H2,2H3;1H;2H,1H2;1H3;. The molecule has 0 aromatic rings. The van der Waals surface area contributed by atoms with Gasteiger partial charge in [-0.25, -0.2) is 0 Å². The molecule has 0 aliphatic heterocycles. The molecule has 0 spiro atoms. The van der Waals surface area contributed by atoms with Gasteiger partial charge in [-0.1, -0.05) is 0 Å². The van der Waals surface area contributed by atoms with Gasteiger partial charge in [-0.3, -0.25) is 0 Å². The fourth-order valence-corrected chi connectivity index (χ4v) is 6.48. The number of thiol groups is 1. The summed E-state index contributed by atoms with van der Waals surface area (Å²) in [7, 11) is 0. The number of hydrogen-bond acceptors (Lipinski definition) is 3. The molecule has 0 heterocycles. The van der Waals surface area contributed by atoms with E-state index < -0.39 is 18.4 Å². The molecule has 2 nitrogen and oxygen atoms in total. The van der Waals surface area contributed by atoms with Crippen molar-refractivity contribution >= 4 is 35.3 Å². The van der Waals surface area contributed by atoms with Crippen molar-refractivity contribution in [3.8, 4) is 0 Å². The summed E-state index contributed by atoms with van der Waals surface area (Å²) in [5.74, 6) is 0. The van der Waals surface area contributed by atoms with E-state index in [4.69, 9.17) is 5.73 Å². The molecule has 4 heteroatoms. The fourth-order valence-electron chi connectivity index (χ4n) is 0.733. The van der Waals surface area contributed by atoms with Gasteiger partial charge in [0.2, 0.25) is 0 Å². The van der Waals surface area contributed by atoms with Crippen LogP contribution in [0.25, 0.3) is 0 Å². The summed E-state index contributed by atoms with van der Waals surface area (Å²) >= 11 is 1.84. The summed E-state index contributed by atoms with van der Waals surface area (Å²) in [6, 6.07) is 0.228. The Labute approximate surface area is 78.2 Å². The van der Waals surface area contributed by atoms with Crippen LogP contribution in [-0.2, 0) is 4.79 Å². The summed E-state index contributed by atoms with van der Waals surface area (Å²) in [4.78, 5) is 12.8. The van der Waals surface area contributed by atoms with E-state index in [0.29, 0.717) is 0 Å². The van der Waals surface area contributed by atoms with E-state index in [1.807, 2.05) is 6.92 Å². The van der Waals surface area contributed by atoms with Crippen molar-refractivity contribution in [2.45, 2.75) is 28.8 Å². The van der Waals surface area contributed by atoms with Gasteiger partial charge in [-0.2, -0.15) is 0 Å². The van der Waals surface area contributed by atoms with Gasteiger partial charge in [0.15, 0.2) is 0 Å². The Bertz CT molecular complexity index is 132. The molecular weight excluding hydrogens is 265 g/mol. The molecule has 0 aliphatic carbocycles. The molecule has 0 aromatic heterocycles. The van der Waals surface area contributed by atoms with Crippen LogP contribution in [0.3, 0.4) is 0 Å². The second-order valence-electron chi connectivity index (χ2n) is 3.45. The van der Waals surface area contributed by atoms with Gasteiger partial charge in [-0.15, -0.1) is 0 Å². The van der Waals surface area contributed by atoms with Crippen LogP contribution in [0.5, 0.6) is 0 Å². The third-order valence-electron chi connectivity index (χ3n) is 1.82. The van der Waals surface area contributed by atoms with Gasteiger partial charge in [0, 0.05) is 0 Å². The Hall–Kier alpha value is 0.779. The molecule has 0 saturated heterocycles. The molecule has 0 radical (unpaired) electrons. The zero-order chi connectivity index (χ0) is 8.91. The van der Waals surface area contributed by atoms with Crippen molar-refractivity contribution in [3.05, 3.63) is 0 Å². The van der Waals surface area contributed by atoms with Crippen LogP contribution in [0, 0.1) is 0 Å². The summed E-state index contributed by atoms with van der Waals surface area (Å²) in [5, 5.41) is 0. The van der Waals surface area contributed by atoms with E-state index in [1.54, 1.807) is 0 Å². The number of hydrogen-bond donors (Lipinski definition) is 2. The van der Waals surface area contributed by atoms with Crippen LogP contribution in [0.15, 0.2) is 0 Å². The van der Waals surface area contributed by atoms with Gasteiger partial charge in [0.05, 0.1) is 0 Å². The first-order valence-corrected chi connectivity index (χ1v) is 13.0. The van der Waals surface area contributed by atoms with Gasteiger partial charge in [-0.05, 0) is 0 Å². The van der Waals surface area contributed by atoms with E-state index in [1.165, 1.54) is 4.30 Å². The molecule has 2 atom stereocenters. The molecule has 0 aromatic carbocycles. The van der Waals surface area contributed by atoms with Gasteiger partial charge in [0.25, 0.3) is 0 Å². The van der Waals surface area contributed by atoms with Crippen molar-refractivity contribution in [3.63, 3.8) is 0 Å². The molecule has 0 rings (SSSR count).